The molecule has 1 atom stereocenters. The zero-order chi connectivity index (χ0) is 15.1. The maximum Gasteiger partial charge on any atom is 0.220 e. The minimum atomic E-state index is -2.88. The van der Waals surface area contributed by atoms with Gasteiger partial charge in [0.25, 0.3) is 0 Å². The Morgan fingerprint density at radius 1 is 1.14 bits per heavy atom. The summed E-state index contributed by atoms with van der Waals surface area (Å²) in [6.07, 6.45) is 8.40. The Kier molecular flexibility index (Phi) is 6.48. The maximum absolute atomic E-state index is 11.7. The number of amides is 1. The lowest BCUT2D eigenvalue weighted by Crippen LogP contribution is -2.28. The molecule has 6 heteroatoms. The van der Waals surface area contributed by atoms with Gasteiger partial charge in [0, 0.05) is 19.6 Å². The second kappa shape index (κ2) is 8.13. The average Bonchev–Trinajstić information content (AvgIpc) is 2.78. The fraction of sp³-hybridized carbons (Fsp3) is 0.933. The number of hydrogen-bond acceptors (Lipinski definition) is 4. The lowest BCUT2D eigenvalue weighted by atomic mass is 9.98. The topological polar surface area (TPSA) is 72.5 Å². The molecule has 2 aliphatic rings. The van der Waals surface area contributed by atoms with E-state index >= 15 is 0 Å². The van der Waals surface area contributed by atoms with E-state index in [1.54, 1.807) is 0 Å². The molecule has 0 spiro atoms. The summed E-state index contributed by atoms with van der Waals surface area (Å²) < 4.78 is 28.4. The van der Waals surface area contributed by atoms with E-state index < -0.39 is 9.84 Å². The highest BCUT2D eigenvalue weighted by Gasteiger charge is 2.29. The number of carbonyl (C=O) groups is 1. The van der Waals surface area contributed by atoms with Gasteiger partial charge >= 0.3 is 0 Å². The van der Waals surface area contributed by atoms with Crippen molar-refractivity contribution in [1.29, 1.82) is 0 Å². The van der Waals surface area contributed by atoms with Crippen LogP contribution in [0, 0.1) is 5.92 Å². The third-order valence-corrected chi connectivity index (χ3v) is 6.19. The first-order chi connectivity index (χ1) is 10.1. The zero-order valence-corrected chi connectivity index (χ0v) is 13.5. The van der Waals surface area contributed by atoms with Crippen molar-refractivity contribution in [1.82, 2.24) is 5.32 Å². The van der Waals surface area contributed by atoms with Gasteiger partial charge in [0.2, 0.25) is 5.91 Å². The van der Waals surface area contributed by atoms with Gasteiger partial charge in [-0.05, 0) is 31.6 Å². The van der Waals surface area contributed by atoms with Gasteiger partial charge in [-0.25, -0.2) is 8.42 Å². The first kappa shape index (κ1) is 16.7. The highest BCUT2D eigenvalue weighted by Crippen LogP contribution is 2.21. The van der Waals surface area contributed by atoms with E-state index in [1.165, 1.54) is 32.1 Å². The molecule has 1 aliphatic carbocycles. The van der Waals surface area contributed by atoms with Crippen molar-refractivity contribution in [3.63, 3.8) is 0 Å². The molecule has 1 saturated heterocycles. The fourth-order valence-corrected chi connectivity index (χ4v) is 5.01. The van der Waals surface area contributed by atoms with Crippen LogP contribution in [0.1, 0.15) is 51.4 Å². The van der Waals surface area contributed by atoms with Gasteiger partial charge in [0.05, 0.1) is 17.6 Å². The quantitative estimate of drug-likeness (QED) is 0.725. The molecule has 1 amide bonds. The van der Waals surface area contributed by atoms with E-state index in [1.807, 2.05) is 0 Å². The number of hydrogen-bond donors (Lipinski definition) is 1. The molecule has 1 saturated carbocycles. The molecule has 2 fully saturated rings. The van der Waals surface area contributed by atoms with Crippen LogP contribution in [0.25, 0.3) is 0 Å². The second-order valence-corrected chi connectivity index (χ2v) is 8.54. The Hall–Kier alpha value is -0.620. The smallest absolute Gasteiger partial charge is 0.220 e. The lowest BCUT2D eigenvalue weighted by Gasteiger charge is -2.21. The summed E-state index contributed by atoms with van der Waals surface area (Å²) in [4.78, 5) is 11.7. The minimum Gasteiger partial charge on any atom is -0.378 e. The van der Waals surface area contributed by atoms with Crippen molar-refractivity contribution in [2.75, 3.05) is 24.7 Å². The van der Waals surface area contributed by atoms with Crippen LogP contribution in [0.3, 0.4) is 0 Å². The normalized spacial score (nSPS) is 25.8. The first-order valence-electron chi connectivity index (χ1n) is 8.14. The van der Waals surface area contributed by atoms with Crippen LogP contribution in [-0.4, -0.2) is 45.1 Å². The van der Waals surface area contributed by atoms with Gasteiger partial charge < -0.3 is 10.1 Å². The number of sulfone groups is 1. The van der Waals surface area contributed by atoms with Crippen LogP contribution in [0.15, 0.2) is 0 Å². The predicted octanol–water partition coefficient (Wildman–Crippen LogP) is 1.67. The van der Waals surface area contributed by atoms with E-state index in [0.29, 0.717) is 32.1 Å². The van der Waals surface area contributed by atoms with Crippen molar-refractivity contribution < 1.29 is 17.9 Å². The molecule has 1 aliphatic heterocycles. The molecule has 21 heavy (non-hydrogen) atoms. The SMILES string of the molecule is O=C(CC1CCS(=O)(=O)C1)NCCCOC1CCCCC1. The molecule has 0 aromatic rings. The standard InChI is InChI=1S/C15H27NO4S/c17-15(11-13-7-10-21(18,19)12-13)16-8-4-9-20-14-5-2-1-3-6-14/h13-14H,1-12H2,(H,16,17). The molecule has 122 valence electrons. The van der Waals surface area contributed by atoms with Crippen LogP contribution in [0.4, 0.5) is 0 Å². The van der Waals surface area contributed by atoms with Crippen LogP contribution >= 0.6 is 0 Å². The monoisotopic (exact) mass is 317 g/mol. The van der Waals surface area contributed by atoms with Crippen molar-refractivity contribution in [3.05, 3.63) is 0 Å². The summed E-state index contributed by atoms with van der Waals surface area (Å²) in [5.41, 5.74) is 0. The van der Waals surface area contributed by atoms with Crippen LogP contribution in [0.2, 0.25) is 0 Å². The number of carbonyl (C=O) groups excluding carboxylic acids is 1. The highest BCUT2D eigenvalue weighted by molar-refractivity contribution is 7.91. The van der Waals surface area contributed by atoms with Crippen molar-refractivity contribution >= 4 is 15.7 Å². The van der Waals surface area contributed by atoms with Crippen LogP contribution in [0.5, 0.6) is 0 Å². The molecule has 0 aromatic carbocycles. The summed E-state index contributed by atoms with van der Waals surface area (Å²) in [6.45, 7) is 1.31. The number of nitrogens with one attached hydrogen (secondary N) is 1. The van der Waals surface area contributed by atoms with Crippen molar-refractivity contribution in [3.8, 4) is 0 Å². The number of rotatable bonds is 7. The average molecular weight is 317 g/mol. The minimum absolute atomic E-state index is 0.00786. The Bertz CT molecular complexity index is 429. The van der Waals surface area contributed by atoms with Crippen LogP contribution < -0.4 is 5.32 Å². The molecule has 5 nitrogen and oxygen atoms in total. The summed E-state index contributed by atoms with van der Waals surface area (Å²) in [6, 6.07) is 0. The third-order valence-electron chi connectivity index (χ3n) is 4.35. The summed E-state index contributed by atoms with van der Waals surface area (Å²) in [7, 11) is -2.88. The molecule has 0 radical (unpaired) electrons. The first-order valence-corrected chi connectivity index (χ1v) is 9.96. The summed E-state index contributed by atoms with van der Waals surface area (Å²) in [5, 5.41) is 2.86. The summed E-state index contributed by atoms with van der Waals surface area (Å²) in [5.74, 6) is 0.383. The molecule has 1 heterocycles. The van der Waals surface area contributed by atoms with Gasteiger partial charge in [-0.2, -0.15) is 0 Å². The van der Waals surface area contributed by atoms with Gasteiger partial charge in [0.1, 0.15) is 0 Å². The lowest BCUT2D eigenvalue weighted by molar-refractivity contribution is -0.121. The molecule has 0 aromatic heterocycles. The molecular formula is C15H27NO4S. The molecule has 1 unspecified atom stereocenters. The molecular weight excluding hydrogens is 290 g/mol. The molecule has 0 bridgehead atoms. The Labute approximate surface area is 127 Å². The zero-order valence-electron chi connectivity index (χ0n) is 12.7. The van der Waals surface area contributed by atoms with Crippen LogP contribution in [-0.2, 0) is 19.4 Å². The molecule has 1 N–H and O–H groups in total. The summed E-state index contributed by atoms with van der Waals surface area (Å²) >= 11 is 0. The Balaban J connectivity index is 1.49. The van der Waals surface area contributed by atoms with E-state index in [4.69, 9.17) is 4.74 Å². The van der Waals surface area contributed by atoms with E-state index in [9.17, 15) is 13.2 Å². The van der Waals surface area contributed by atoms with Gasteiger partial charge in [-0.1, -0.05) is 19.3 Å². The van der Waals surface area contributed by atoms with Gasteiger partial charge in [0.15, 0.2) is 9.84 Å². The van der Waals surface area contributed by atoms with Gasteiger partial charge in [-0.3, -0.25) is 4.79 Å². The third kappa shape index (κ3) is 6.34. The Morgan fingerprint density at radius 2 is 1.90 bits per heavy atom. The fourth-order valence-electron chi connectivity index (χ4n) is 3.15. The predicted molar refractivity (Wildman–Crippen MR) is 81.8 cm³/mol. The second-order valence-electron chi connectivity index (χ2n) is 6.31. The largest absolute Gasteiger partial charge is 0.378 e. The molecule has 2 rings (SSSR count). The van der Waals surface area contributed by atoms with E-state index in [2.05, 4.69) is 5.32 Å². The maximum atomic E-state index is 11.7. The van der Waals surface area contributed by atoms with Crippen molar-refractivity contribution in [2.24, 2.45) is 5.92 Å². The number of ether oxygens (including phenoxy) is 1. The van der Waals surface area contributed by atoms with Gasteiger partial charge in [-0.15, -0.1) is 0 Å². The van der Waals surface area contributed by atoms with E-state index in [0.717, 1.165) is 6.42 Å². The highest BCUT2D eigenvalue weighted by atomic mass is 32.2. The van der Waals surface area contributed by atoms with E-state index in [-0.39, 0.29) is 23.3 Å². The Morgan fingerprint density at radius 3 is 2.57 bits per heavy atom. The van der Waals surface area contributed by atoms with Crippen molar-refractivity contribution in [2.45, 2.75) is 57.5 Å².